The molecule has 0 aliphatic carbocycles. The Balaban J connectivity index is 2.01. The van der Waals surface area contributed by atoms with Crippen LogP contribution in [0.5, 0.6) is 11.5 Å². The van der Waals surface area contributed by atoms with E-state index in [1.54, 1.807) is 20.3 Å². The first-order valence-electron chi connectivity index (χ1n) is 8.15. The van der Waals surface area contributed by atoms with Gasteiger partial charge >= 0.3 is 0 Å². The van der Waals surface area contributed by atoms with Crippen LogP contribution in [-0.4, -0.2) is 38.1 Å². The predicted octanol–water partition coefficient (Wildman–Crippen LogP) is 3.44. The van der Waals surface area contributed by atoms with Gasteiger partial charge in [0.05, 0.1) is 26.5 Å². The number of likely N-dealkylation sites (N-methyl/N-ethyl adjacent to an activating group) is 1. The molecule has 0 aliphatic rings. The van der Waals surface area contributed by atoms with E-state index in [1.807, 2.05) is 24.0 Å². The molecule has 0 atom stereocenters. The molecular formula is C19H22F2N2O3. The quantitative estimate of drug-likeness (QED) is 0.780. The summed E-state index contributed by atoms with van der Waals surface area (Å²) in [6.45, 7) is 3.12. The molecule has 0 spiro atoms. The second kappa shape index (κ2) is 9.15. The van der Waals surface area contributed by atoms with Crippen molar-refractivity contribution in [3.8, 4) is 11.5 Å². The number of anilines is 1. The molecule has 0 saturated heterocycles. The zero-order valence-corrected chi connectivity index (χ0v) is 15.0. The molecule has 0 aromatic heterocycles. The molecule has 26 heavy (non-hydrogen) atoms. The number of amides is 1. The van der Waals surface area contributed by atoms with Crippen LogP contribution in [0.1, 0.15) is 12.5 Å². The van der Waals surface area contributed by atoms with Crippen molar-refractivity contribution in [1.29, 1.82) is 0 Å². The van der Waals surface area contributed by atoms with Crippen LogP contribution < -0.4 is 14.8 Å². The van der Waals surface area contributed by atoms with Gasteiger partial charge in [-0.1, -0.05) is 13.0 Å². The summed E-state index contributed by atoms with van der Waals surface area (Å²) in [6, 6.07) is 8.57. The highest BCUT2D eigenvalue weighted by Crippen LogP contribution is 2.28. The van der Waals surface area contributed by atoms with E-state index in [1.165, 1.54) is 6.07 Å². The van der Waals surface area contributed by atoms with Gasteiger partial charge in [-0.15, -0.1) is 0 Å². The molecule has 1 amide bonds. The second-order valence-corrected chi connectivity index (χ2v) is 5.66. The van der Waals surface area contributed by atoms with Crippen molar-refractivity contribution in [3.05, 3.63) is 53.6 Å². The number of nitrogens with zero attached hydrogens (tertiary/aromatic N) is 1. The van der Waals surface area contributed by atoms with Gasteiger partial charge in [-0.2, -0.15) is 0 Å². The SMILES string of the molecule is CCN(CC(=O)Nc1ccc(F)cc1F)Cc1ccc(OC)c(OC)c1. The fraction of sp³-hybridized carbons (Fsp3) is 0.316. The minimum atomic E-state index is -0.804. The molecule has 0 unspecified atom stereocenters. The molecule has 2 rings (SSSR count). The van der Waals surface area contributed by atoms with Gasteiger partial charge in [-0.25, -0.2) is 8.78 Å². The lowest BCUT2D eigenvalue weighted by molar-refractivity contribution is -0.117. The van der Waals surface area contributed by atoms with Crippen LogP contribution in [0.4, 0.5) is 14.5 Å². The number of rotatable bonds is 8. The van der Waals surface area contributed by atoms with Crippen molar-refractivity contribution >= 4 is 11.6 Å². The maximum atomic E-state index is 13.6. The summed E-state index contributed by atoms with van der Waals surface area (Å²) in [4.78, 5) is 14.1. The van der Waals surface area contributed by atoms with Gasteiger partial charge in [-0.3, -0.25) is 9.69 Å². The Labute approximate surface area is 151 Å². The molecule has 0 heterocycles. The summed E-state index contributed by atoms with van der Waals surface area (Å²) in [5.74, 6) is -0.633. The van der Waals surface area contributed by atoms with E-state index < -0.39 is 11.6 Å². The van der Waals surface area contributed by atoms with Gasteiger partial charge < -0.3 is 14.8 Å². The third kappa shape index (κ3) is 5.16. The molecule has 140 valence electrons. The average Bonchev–Trinajstić information content (AvgIpc) is 2.63. The molecule has 0 radical (unpaired) electrons. The van der Waals surface area contributed by atoms with Crippen molar-refractivity contribution in [2.45, 2.75) is 13.5 Å². The summed E-state index contributed by atoms with van der Waals surface area (Å²) >= 11 is 0. The molecule has 1 N–H and O–H groups in total. The highest BCUT2D eigenvalue weighted by molar-refractivity contribution is 5.92. The number of nitrogens with one attached hydrogen (secondary N) is 1. The van der Waals surface area contributed by atoms with Crippen molar-refractivity contribution in [2.24, 2.45) is 0 Å². The molecule has 5 nitrogen and oxygen atoms in total. The predicted molar refractivity (Wildman–Crippen MR) is 95.5 cm³/mol. The Kier molecular flexibility index (Phi) is 6.91. The van der Waals surface area contributed by atoms with Gasteiger partial charge in [0.1, 0.15) is 11.6 Å². The largest absolute Gasteiger partial charge is 0.493 e. The standard InChI is InChI=1S/C19H22F2N2O3/c1-4-23(11-13-5-8-17(25-2)18(9-13)26-3)12-19(24)22-16-7-6-14(20)10-15(16)21/h5-10H,4,11-12H2,1-3H3,(H,22,24). The van der Waals surface area contributed by atoms with E-state index >= 15 is 0 Å². The number of carbonyl (C=O) groups is 1. The Morgan fingerprint density at radius 2 is 1.81 bits per heavy atom. The molecule has 2 aromatic rings. The Morgan fingerprint density at radius 1 is 1.08 bits per heavy atom. The fourth-order valence-corrected chi connectivity index (χ4v) is 2.50. The molecular weight excluding hydrogens is 342 g/mol. The molecule has 2 aromatic carbocycles. The van der Waals surface area contributed by atoms with Gasteiger partial charge in [0.15, 0.2) is 11.5 Å². The summed E-state index contributed by atoms with van der Waals surface area (Å²) < 4.78 is 37.1. The molecule has 0 aliphatic heterocycles. The topological polar surface area (TPSA) is 50.8 Å². The van der Waals surface area contributed by atoms with E-state index in [4.69, 9.17) is 9.47 Å². The number of methoxy groups -OCH3 is 2. The molecule has 7 heteroatoms. The van der Waals surface area contributed by atoms with Gasteiger partial charge in [0.2, 0.25) is 5.91 Å². The lowest BCUT2D eigenvalue weighted by Crippen LogP contribution is -2.33. The third-order valence-electron chi connectivity index (χ3n) is 3.87. The average molecular weight is 364 g/mol. The summed E-state index contributed by atoms with van der Waals surface area (Å²) in [6.07, 6.45) is 0. The lowest BCUT2D eigenvalue weighted by Gasteiger charge is -2.20. The maximum absolute atomic E-state index is 13.6. The third-order valence-corrected chi connectivity index (χ3v) is 3.87. The van der Waals surface area contributed by atoms with Crippen molar-refractivity contribution in [1.82, 2.24) is 4.90 Å². The van der Waals surface area contributed by atoms with E-state index in [-0.39, 0.29) is 18.1 Å². The monoisotopic (exact) mass is 364 g/mol. The molecule has 0 fully saturated rings. The van der Waals surface area contributed by atoms with E-state index in [0.29, 0.717) is 24.6 Å². The lowest BCUT2D eigenvalue weighted by atomic mass is 10.2. The van der Waals surface area contributed by atoms with Crippen molar-refractivity contribution < 1.29 is 23.0 Å². The van der Waals surface area contributed by atoms with E-state index in [2.05, 4.69) is 5.32 Å². The number of hydrogen-bond donors (Lipinski definition) is 1. The fourth-order valence-electron chi connectivity index (χ4n) is 2.50. The van der Waals surface area contributed by atoms with E-state index in [9.17, 15) is 13.6 Å². The zero-order chi connectivity index (χ0) is 19.1. The number of hydrogen-bond acceptors (Lipinski definition) is 4. The Bertz CT molecular complexity index is 768. The number of benzene rings is 2. The van der Waals surface area contributed by atoms with Gasteiger partial charge in [0.25, 0.3) is 0 Å². The summed E-state index contributed by atoms with van der Waals surface area (Å²) in [7, 11) is 3.12. The van der Waals surface area contributed by atoms with Crippen molar-refractivity contribution in [3.63, 3.8) is 0 Å². The number of halogens is 2. The zero-order valence-electron chi connectivity index (χ0n) is 15.0. The Hall–Kier alpha value is -2.67. The van der Waals surface area contributed by atoms with Crippen LogP contribution in [-0.2, 0) is 11.3 Å². The normalized spacial score (nSPS) is 10.7. The first kappa shape index (κ1) is 19.7. The van der Waals surface area contributed by atoms with Gasteiger partial charge in [0, 0.05) is 12.6 Å². The number of ether oxygens (including phenoxy) is 2. The first-order valence-corrected chi connectivity index (χ1v) is 8.15. The van der Waals surface area contributed by atoms with Crippen LogP contribution in [0.2, 0.25) is 0 Å². The molecule has 0 bridgehead atoms. The smallest absolute Gasteiger partial charge is 0.238 e. The Morgan fingerprint density at radius 3 is 2.42 bits per heavy atom. The van der Waals surface area contributed by atoms with Crippen LogP contribution >= 0.6 is 0 Å². The van der Waals surface area contributed by atoms with Crippen LogP contribution in [0.3, 0.4) is 0 Å². The van der Waals surface area contributed by atoms with Crippen LogP contribution in [0, 0.1) is 11.6 Å². The molecule has 0 saturated carbocycles. The van der Waals surface area contributed by atoms with E-state index in [0.717, 1.165) is 17.7 Å². The van der Waals surface area contributed by atoms with Gasteiger partial charge in [-0.05, 0) is 36.4 Å². The highest BCUT2D eigenvalue weighted by Gasteiger charge is 2.13. The maximum Gasteiger partial charge on any atom is 0.238 e. The van der Waals surface area contributed by atoms with Crippen LogP contribution in [0.25, 0.3) is 0 Å². The van der Waals surface area contributed by atoms with Crippen LogP contribution in [0.15, 0.2) is 36.4 Å². The highest BCUT2D eigenvalue weighted by atomic mass is 19.1. The minimum Gasteiger partial charge on any atom is -0.493 e. The summed E-state index contributed by atoms with van der Waals surface area (Å²) in [5.41, 5.74) is 0.906. The number of carbonyl (C=O) groups excluding carboxylic acids is 1. The minimum absolute atomic E-state index is 0.0430. The second-order valence-electron chi connectivity index (χ2n) is 5.66. The van der Waals surface area contributed by atoms with Crippen molar-refractivity contribution in [2.75, 3.05) is 32.6 Å². The summed E-state index contributed by atoms with van der Waals surface area (Å²) in [5, 5.41) is 2.46. The first-order chi connectivity index (χ1) is 12.5.